The van der Waals surface area contributed by atoms with Gasteiger partial charge in [-0.3, -0.25) is 0 Å². The van der Waals surface area contributed by atoms with Gasteiger partial charge in [0, 0.05) is 12.0 Å². The van der Waals surface area contributed by atoms with Gasteiger partial charge in [0.25, 0.3) is 0 Å². The molecule has 1 nitrogen and oxygen atoms in total. The summed E-state index contributed by atoms with van der Waals surface area (Å²) >= 11 is 0. The highest BCUT2D eigenvalue weighted by molar-refractivity contribution is 5.30. The van der Waals surface area contributed by atoms with E-state index in [9.17, 15) is 0 Å². The predicted octanol–water partition coefficient (Wildman–Crippen LogP) is 5.08. The molecule has 1 aromatic carbocycles. The summed E-state index contributed by atoms with van der Waals surface area (Å²) in [4.78, 5) is 0. The van der Waals surface area contributed by atoms with Crippen LogP contribution in [0.25, 0.3) is 0 Å². The summed E-state index contributed by atoms with van der Waals surface area (Å²) in [6.45, 7) is 13.6. The first-order valence-corrected chi connectivity index (χ1v) is 8.32. The summed E-state index contributed by atoms with van der Waals surface area (Å²) in [6.07, 6.45) is 5.04. The Morgan fingerprint density at radius 3 is 2.25 bits per heavy atom. The molecule has 114 valence electrons. The van der Waals surface area contributed by atoms with E-state index in [1.54, 1.807) is 0 Å². The Bertz CT molecular complexity index is 375. The zero-order chi connectivity index (χ0) is 15.0. The minimum absolute atomic E-state index is 0.310. The van der Waals surface area contributed by atoms with Crippen molar-refractivity contribution < 1.29 is 0 Å². The fraction of sp³-hybridized carbons (Fsp3) is 0.684. The first kappa shape index (κ1) is 17.2. The third-order valence-electron chi connectivity index (χ3n) is 4.10. The normalized spacial score (nSPS) is 12.1. The van der Waals surface area contributed by atoms with Crippen LogP contribution in [0.1, 0.15) is 64.5 Å². The molecule has 1 N–H and O–H groups in total. The van der Waals surface area contributed by atoms with Gasteiger partial charge in [-0.05, 0) is 37.8 Å². The Morgan fingerprint density at radius 2 is 1.75 bits per heavy atom. The van der Waals surface area contributed by atoms with Gasteiger partial charge in [0.15, 0.2) is 0 Å². The van der Waals surface area contributed by atoms with E-state index in [2.05, 4.69) is 64.2 Å². The van der Waals surface area contributed by atoms with Crippen molar-refractivity contribution in [3.8, 4) is 0 Å². The molecule has 0 unspecified atom stereocenters. The van der Waals surface area contributed by atoms with Crippen molar-refractivity contribution >= 4 is 0 Å². The Balaban J connectivity index is 2.96. The number of aryl methyl sites for hydroxylation is 1. The lowest BCUT2D eigenvalue weighted by molar-refractivity contribution is 0.328. The molecule has 0 amide bonds. The van der Waals surface area contributed by atoms with Crippen LogP contribution in [0.5, 0.6) is 0 Å². The van der Waals surface area contributed by atoms with Gasteiger partial charge in [-0.1, -0.05) is 70.4 Å². The van der Waals surface area contributed by atoms with Gasteiger partial charge in [-0.2, -0.15) is 0 Å². The first-order chi connectivity index (χ1) is 9.54. The van der Waals surface area contributed by atoms with Crippen molar-refractivity contribution in [2.75, 3.05) is 13.1 Å². The van der Waals surface area contributed by atoms with Gasteiger partial charge < -0.3 is 5.32 Å². The topological polar surface area (TPSA) is 12.0 Å². The summed E-state index contributed by atoms with van der Waals surface area (Å²) in [5.41, 5.74) is 3.21. The molecule has 0 aliphatic rings. The fourth-order valence-electron chi connectivity index (χ4n) is 3.22. The van der Waals surface area contributed by atoms with Gasteiger partial charge in [0.05, 0.1) is 0 Å². The monoisotopic (exact) mass is 275 g/mol. The minimum Gasteiger partial charge on any atom is -0.316 e. The van der Waals surface area contributed by atoms with Gasteiger partial charge in [0.1, 0.15) is 0 Å². The molecular weight excluding hydrogens is 242 g/mol. The van der Waals surface area contributed by atoms with Crippen molar-refractivity contribution in [1.29, 1.82) is 0 Å². The van der Waals surface area contributed by atoms with Crippen LogP contribution in [-0.2, 0) is 5.41 Å². The highest BCUT2D eigenvalue weighted by atomic mass is 14.9. The molecule has 1 heteroatoms. The van der Waals surface area contributed by atoms with E-state index in [0.29, 0.717) is 11.3 Å². The SMILES string of the molecule is CCCC(CCC)(CNCC(C)C)c1cccc(C)c1. The molecule has 0 aromatic heterocycles. The highest BCUT2D eigenvalue weighted by Crippen LogP contribution is 2.34. The van der Waals surface area contributed by atoms with Crippen LogP contribution >= 0.6 is 0 Å². The van der Waals surface area contributed by atoms with Gasteiger partial charge >= 0.3 is 0 Å². The quantitative estimate of drug-likeness (QED) is 0.663. The number of hydrogen-bond acceptors (Lipinski definition) is 1. The van der Waals surface area contributed by atoms with Crippen molar-refractivity contribution in [2.45, 2.75) is 65.7 Å². The summed E-state index contributed by atoms with van der Waals surface area (Å²) < 4.78 is 0. The molecule has 0 radical (unpaired) electrons. The third-order valence-corrected chi connectivity index (χ3v) is 4.10. The molecule has 0 aliphatic heterocycles. The van der Waals surface area contributed by atoms with Crippen molar-refractivity contribution in [3.63, 3.8) is 0 Å². The largest absolute Gasteiger partial charge is 0.316 e. The lowest BCUT2D eigenvalue weighted by Crippen LogP contribution is -2.39. The van der Waals surface area contributed by atoms with Crippen LogP contribution in [0, 0.1) is 12.8 Å². The number of nitrogens with one attached hydrogen (secondary N) is 1. The smallest absolute Gasteiger partial charge is 0.00776 e. The average Bonchev–Trinajstić information content (AvgIpc) is 2.38. The van der Waals surface area contributed by atoms with Crippen LogP contribution < -0.4 is 5.32 Å². The second-order valence-electron chi connectivity index (χ2n) is 6.67. The molecule has 1 rings (SSSR count). The van der Waals surface area contributed by atoms with Crippen molar-refractivity contribution in [2.24, 2.45) is 5.92 Å². The second-order valence-corrected chi connectivity index (χ2v) is 6.67. The molecular formula is C19H33N. The summed E-state index contributed by atoms with van der Waals surface area (Å²) in [6, 6.07) is 9.14. The fourth-order valence-corrected chi connectivity index (χ4v) is 3.22. The Kier molecular flexibility index (Phi) is 7.29. The van der Waals surface area contributed by atoms with E-state index in [-0.39, 0.29) is 0 Å². The van der Waals surface area contributed by atoms with Crippen LogP contribution in [0.4, 0.5) is 0 Å². The van der Waals surface area contributed by atoms with E-state index in [1.807, 2.05) is 0 Å². The Labute approximate surface area is 126 Å². The third kappa shape index (κ3) is 4.94. The molecule has 0 spiro atoms. The Morgan fingerprint density at radius 1 is 1.10 bits per heavy atom. The molecule has 0 fully saturated rings. The lowest BCUT2D eigenvalue weighted by Gasteiger charge is -2.35. The van der Waals surface area contributed by atoms with Gasteiger partial charge in [-0.15, -0.1) is 0 Å². The van der Waals surface area contributed by atoms with Crippen molar-refractivity contribution in [1.82, 2.24) is 5.32 Å². The van der Waals surface area contributed by atoms with Gasteiger partial charge in [-0.25, -0.2) is 0 Å². The molecule has 0 saturated heterocycles. The number of benzene rings is 1. The van der Waals surface area contributed by atoms with E-state index in [0.717, 1.165) is 13.1 Å². The zero-order valence-electron chi connectivity index (χ0n) is 14.1. The van der Waals surface area contributed by atoms with Crippen LogP contribution in [0.3, 0.4) is 0 Å². The molecule has 20 heavy (non-hydrogen) atoms. The molecule has 0 heterocycles. The molecule has 0 saturated carbocycles. The van der Waals surface area contributed by atoms with E-state index < -0.39 is 0 Å². The predicted molar refractivity (Wildman–Crippen MR) is 90.4 cm³/mol. The number of hydrogen-bond donors (Lipinski definition) is 1. The highest BCUT2D eigenvalue weighted by Gasteiger charge is 2.30. The lowest BCUT2D eigenvalue weighted by atomic mass is 9.73. The molecule has 0 atom stereocenters. The molecule has 1 aromatic rings. The second kappa shape index (κ2) is 8.46. The number of rotatable bonds is 9. The maximum Gasteiger partial charge on any atom is 0.00776 e. The Hall–Kier alpha value is -0.820. The summed E-state index contributed by atoms with van der Waals surface area (Å²) in [5.74, 6) is 0.716. The zero-order valence-corrected chi connectivity index (χ0v) is 14.1. The minimum atomic E-state index is 0.310. The van der Waals surface area contributed by atoms with E-state index >= 15 is 0 Å². The average molecular weight is 275 g/mol. The van der Waals surface area contributed by atoms with E-state index in [4.69, 9.17) is 0 Å². The van der Waals surface area contributed by atoms with E-state index in [1.165, 1.54) is 36.8 Å². The van der Waals surface area contributed by atoms with Gasteiger partial charge in [0.2, 0.25) is 0 Å². The molecule has 0 bridgehead atoms. The molecule has 0 aliphatic carbocycles. The van der Waals surface area contributed by atoms with Crippen LogP contribution in [0.15, 0.2) is 24.3 Å². The summed E-state index contributed by atoms with van der Waals surface area (Å²) in [5, 5.41) is 3.71. The van der Waals surface area contributed by atoms with Crippen LogP contribution in [-0.4, -0.2) is 13.1 Å². The standard InChI is InChI=1S/C19H33N/c1-6-11-19(12-7-2,15-20-14-16(3)4)18-10-8-9-17(5)13-18/h8-10,13,16,20H,6-7,11-12,14-15H2,1-5H3. The maximum atomic E-state index is 3.71. The van der Waals surface area contributed by atoms with Crippen molar-refractivity contribution in [3.05, 3.63) is 35.4 Å². The van der Waals surface area contributed by atoms with Crippen LogP contribution in [0.2, 0.25) is 0 Å². The summed E-state index contributed by atoms with van der Waals surface area (Å²) in [7, 11) is 0. The first-order valence-electron chi connectivity index (χ1n) is 8.32. The maximum absolute atomic E-state index is 3.71.